The lowest BCUT2D eigenvalue weighted by atomic mass is 10.1. The number of nitrogens with two attached hydrogens (primary N) is 2. The van der Waals surface area contributed by atoms with Gasteiger partial charge in [-0.05, 0) is 80.7 Å². The van der Waals surface area contributed by atoms with E-state index in [0.29, 0.717) is 43.6 Å². The minimum Gasteiger partial charge on any atom is -0.493 e. The van der Waals surface area contributed by atoms with Crippen LogP contribution in [0.25, 0.3) is 0 Å². The molecule has 0 amide bonds. The average Bonchev–Trinajstić information content (AvgIpc) is 3.41. The quantitative estimate of drug-likeness (QED) is 0.178. The van der Waals surface area contributed by atoms with Gasteiger partial charge in [0.05, 0.1) is 26.0 Å². The Labute approximate surface area is 214 Å². The monoisotopic (exact) mass is 494 g/mol. The molecule has 0 aromatic heterocycles. The number of nitrogens with zero attached hydrogens (tertiary/aromatic N) is 2. The van der Waals surface area contributed by atoms with E-state index in [-0.39, 0.29) is 0 Å². The highest BCUT2D eigenvalue weighted by atomic mass is 16.5. The van der Waals surface area contributed by atoms with Gasteiger partial charge in [0.1, 0.15) is 19.0 Å². The summed E-state index contributed by atoms with van der Waals surface area (Å²) in [6, 6.07) is 11.3. The highest BCUT2D eigenvalue weighted by Crippen LogP contribution is 2.28. The van der Waals surface area contributed by atoms with Gasteiger partial charge >= 0.3 is 0 Å². The number of likely N-dealkylation sites (tertiary alicyclic amines) is 1. The zero-order valence-corrected chi connectivity index (χ0v) is 21.3. The summed E-state index contributed by atoms with van der Waals surface area (Å²) in [4.78, 5) is 6.68. The van der Waals surface area contributed by atoms with E-state index in [0.717, 1.165) is 42.2 Å². The number of benzene rings is 2. The summed E-state index contributed by atoms with van der Waals surface area (Å²) in [5.74, 6) is 2.10. The summed E-state index contributed by atoms with van der Waals surface area (Å²) < 4.78 is 23.2. The van der Waals surface area contributed by atoms with E-state index in [1.807, 2.05) is 48.6 Å². The molecule has 0 spiro atoms. The number of anilines is 1. The Bertz CT molecular complexity index is 1050. The summed E-state index contributed by atoms with van der Waals surface area (Å²) >= 11 is 0. The maximum Gasteiger partial charge on any atom is 0.162 e. The molecule has 0 bridgehead atoms. The molecule has 8 nitrogen and oxygen atoms in total. The summed E-state index contributed by atoms with van der Waals surface area (Å²) in [5.41, 5.74) is 14.8. The molecular formula is C28H38N4O4. The molecule has 1 heterocycles. The first-order valence-electron chi connectivity index (χ1n) is 12.3. The molecule has 0 aliphatic carbocycles. The fourth-order valence-electron chi connectivity index (χ4n) is 3.99. The smallest absolute Gasteiger partial charge is 0.162 e. The number of methoxy groups -OCH3 is 1. The maximum atomic E-state index is 6.02. The first-order valence-corrected chi connectivity index (χ1v) is 12.3. The number of rotatable bonds is 14. The minimum atomic E-state index is 0.373. The summed E-state index contributed by atoms with van der Waals surface area (Å²) in [5, 5.41) is 0. The van der Waals surface area contributed by atoms with Crippen molar-refractivity contribution in [2.75, 3.05) is 59.3 Å². The van der Waals surface area contributed by atoms with Gasteiger partial charge in [0.15, 0.2) is 11.5 Å². The Kier molecular flexibility index (Phi) is 11.1. The Hall–Kier alpha value is -3.49. The van der Waals surface area contributed by atoms with E-state index in [1.165, 1.54) is 19.0 Å². The first kappa shape index (κ1) is 27.1. The lowest BCUT2D eigenvalue weighted by molar-refractivity contribution is 0.144. The highest BCUT2D eigenvalue weighted by Gasteiger charge is 2.12. The van der Waals surface area contributed by atoms with E-state index in [9.17, 15) is 0 Å². The van der Waals surface area contributed by atoms with Crippen molar-refractivity contribution in [1.29, 1.82) is 0 Å². The van der Waals surface area contributed by atoms with Crippen LogP contribution in [-0.2, 0) is 11.3 Å². The van der Waals surface area contributed by atoms with Gasteiger partial charge in [-0.1, -0.05) is 6.08 Å². The predicted molar refractivity (Wildman–Crippen MR) is 145 cm³/mol. The van der Waals surface area contributed by atoms with Crippen molar-refractivity contribution in [3.8, 4) is 17.2 Å². The van der Waals surface area contributed by atoms with E-state index in [4.69, 9.17) is 30.4 Å². The van der Waals surface area contributed by atoms with Gasteiger partial charge in [0.2, 0.25) is 0 Å². The highest BCUT2D eigenvalue weighted by molar-refractivity contribution is 6.08. The fraction of sp³-hybridized carbons (Fsp3) is 0.393. The zero-order chi connectivity index (χ0) is 25.6. The SMILES string of the molecule is CN=C(/C=C\N)c1ccc(OC)c(OC/C=C/COCc2cc(N)ccc2OCCN2CCCC2)c1. The van der Waals surface area contributed by atoms with E-state index >= 15 is 0 Å². The molecule has 1 fully saturated rings. The van der Waals surface area contributed by atoms with Gasteiger partial charge in [-0.15, -0.1) is 0 Å². The molecule has 0 radical (unpaired) electrons. The zero-order valence-electron chi connectivity index (χ0n) is 21.3. The average molecular weight is 495 g/mol. The van der Waals surface area contributed by atoms with Gasteiger partial charge in [-0.2, -0.15) is 0 Å². The van der Waals surface area contributed by atoms with Crippen LogP contribution >= 0.6 is 0 Å². The Balaban J connectivity index is 1.46. The summed E-state index contributed by atoms with van der Waals surface area (Å²) in [7, 11) is 3.33. The Morgan fingerprint density at radius 2 is 1.78 bits per heavy atom. The molecule has 8 heteroatoms. The third kappa shape index (κ3) is 8.32. The first-order chi connectivity index (χ1) is 17.6. The number of hydrogen-bond acceptors (Lipinski definition) is 8. The van der Waals surface area contributed by atoms with Crippen LogP contribution in [0.3, 0.4) is 0 Å². The van der Waals surface area contributed by atoms with Crippen molar-refractivity contribution in [1.82, 2.24) is 4.90 Å². The van der Waals surface area contributed by atoms with Gasteiger partial charge in [0, 0.05) is 30.4 Å². The topological polar surface area (TPSA) is 105 Å². The molecule has 36 heavy (non-hydrogen) atoms. The van der Waals surface area contributed by atoms with Crippen LogP contribution in [0.4, 0.5) is 5.69 Å². The molecule has 0 saturated carbocycles. The normalized spacial score (nSPS) is 14.7. The lowest BCUT2D eigenvalue weighted by Crippen LogP contribution is -2.25. The Morgan fingerprint density at radius 3 is 2.53 bits per heavy atom. The van der Waals surface area contributed by atoms with Crippen LogP contribution in [-0.4, -0.2) is 64.2 Å². The maximum absolute atomic E-state index is 6.02. The predicted octanol–water partition coefficient (Wildman–Crippen LogP) is 3.80. The second-order valence-corrected chi connectivity index (χ2v) is 8.40. The number of allylic oxidation sites excluding steroid dienone is 1. The van der Waals surface area contributed by atoms with E-state index in [2.05, 4.69) is 9.89 Å². The standard InChI is InChI=1S/C28H38N4O4/c1-31-25(11-12-29)22-7-9-27(33-2)28(20-22)35-17-6-5-16-34-21-23-19-24(30)8-10-26(23)36-18-15-32-13-3-4-14-32/h5-12,19-20H,3-4,13-18,21,29-30H2,1-2H3/b6-5+,12-11-,31-25?. The molecule has 0 atom stereocenters. The van der Waals surface area contributed by atoms with Gasteiger partial charge in [0.25, 0.3) is 0 Å². The molecule has 2 aromatic rings. The van der Waals surface area contributed by atoms with Gasteiger partial charge < -0.3 is 30.4 Å². The van der Waals surface area contributed by atoms with Crippen molar-refractivity contribution >= 4 is 11.4 Å². The van der Waals surface area contributed by atoms with Crippen LogP contribution in [0, 0.1) is 0 Å². The third-order valence-corrected chi connectivity index (χ3v) is 5.88. The second kappa shape index (κ2) is 14.8. The van der Waals surface area contributed by atoms with Crippen molar-refractivity contribution in [3.63, 3.8) is 0 Å². The van der Waals surface area contributed by atoms with Crippen LogP contribution in [0.2, 0.25) is 0 Å². The van der Waals surface area contributed by atoms with Crippen molar-refractivity contribution in [3.05, 3.63) is 72.0 Å². The number of nitrogen functional groups attached to an aromatic ring is 1. The summed E-state index contributed by atoms with van der Waals surface area (Å²) in [6.07, 6.45) is 9.59. The van der Waals surface area contributed by atoms with Crippen LogP contribution < -0.4 is 25.7 Å². The molecule has 1 aliphatic rings. The Morgan fingerprint density at radius 1 is 1.00 bits per heavy atom. The molecule has 3 rings (SSSR count). The summed E-state index contributed by atoms with van der Waals surface area (Å²) in [6.45, 7) is 5.15. The van der Waals surface area contributed by atoms with Crippen molar-refractivity contribution in [2.45, 2.75) is 19.4 Å². The van der Waals surface area contributed by atoms with E-state index in [1.54, 1.807) is 20.2 Å². The molecule has 1 aliphatic heterocycles. The van der Waals surface area contributed by atoms with Gasteiger partial charge in [-0.3, -0.25) is 9.89 Å². The number of hydrogen-bond donors (Lipinski definition) is 2. The molecule has 4 N–H and O–H groups in total. The van der Waals surface area contributed by atoms with Crippen LogP contribution in [0.1, 0.15) is 24.0 Å². The van der Waals surface area contributed by atoms with E-state index < -0.39 is 0 Å². The van der Waals surface area contributed by atoms with Crippen LogP contribution in [0.5, 0.6) is 17.2 Å². The number of ether oxygens (including phenoxy) is 4. The second-order valence-electron chi connectivity index (χ2n) is 8.40. The molecule has 0 unspecified atom stereocenters. The minimum absolute atomic E-state index is 0.373. The van der Waals surface area contributed by atoms with Gasteiger partial charge in [-0.25, -0.2) is 0 Å². The molecule has 194 valence electrons. The van der Waals surface area contributed by atoms with Crippen molar-refractivity contribution in [2.24, 2.45) is 10.7 Å². The number of aliphatic imine (C=N–C) groups is 1. The fourth-order valence-corrected chi connectivity index (χ4v) is 3.99. The van der Waals surface area contributed by atoms with Crippen molar-refractivity contribution < 1.29 is 18.9 Å². The largest absolute Gasteiger partial charge is 0.493 e. The lowest BCUT2D eigenvalue weighted by Gasteiger charge is -2.17. The third-order valence-electron chi connectivity index (χ3n) is 5.88. The molecule has 1 saturated heterocycles. The van der Waals surface area contributed by atoms with Crippen LogP contribution in [0.15, 0.2) is 65.8 Å². The molecular weight excluding hydrogens is 456 g/mol. The molecule has 2 aromatic carbocycles.